The fourth-order valence-electron chi connectivity index (χ4n) is 3.22. The van der Waals surface area contributed by atoms with Crippen molar-refractivity contribution >= 4 is 55.1 Å². The van der Waals surface area contributed by atoms with Crippen molar-refractivity contribution < 1.29 is 27.2 Å². The Morgan fingerprint density at radius 2 is 1.91 bits per heavy atom. The Labute approximate surface area is 187 Å². The summed E-state index contributed by atoms with van der Waals surface area (Å²) in [5.41, 5.74) is 2.66. The number of nitrogens with zero attached hydrogens (tertiary/aromatic N) is 2. The smallest absolute Gasteiger partial charge is 0.372 e. The molecule has 0 saturated carbocycles. The van der Waals surface area contributed by atoms with E-state index in [1.807, 2.05) is 0 Å². The monoisotopic (exact) mass is 480 g/mol. The average Bonchev–Trinajstić information content (AvgIpc) is 3.33. The molecule has 5 N–H and O–H groups in total. The minimum absolute atomic E-state index is 0.0407. The number of hydrogen-bond acceptors (Lipinski definition) is 6. The highest BCUT2D eigenvalue weighted by Gasteiger charge is 2.36. The summed E-state index contributed by atoms with van der Waals surface area (Å²) in [5.74, 6) is -2.40. The summed E-state index contributed by atoms with van der Waals surface area (Å²) < 4.78 is 54.6. The van der Waals surface area contributed by atoms with Crippen LogP contribution in [0.15, 0.2) is 30.5 Å². The molecule has 0 spiro atoms. The van der Waals surface area contributed by atoms with Crippen LogP contribution in [0.4, 0.5) is 28.4 Å². The van der Waals surface area contributed by atoms with Crippen LogP contribution in [0.3, 0.4) is 0 Å². The highest BCUT2D eigenvalue weighted by Crippen LogP contribution is 2.41. The van der Waals surface area contributed by atoms with Crippen LogP contribution in [0.1, 0.15) is 29.8 Å². The first-order valence-corrected chi connectivity index (χ1v) is 10.2. The molecule has 2 heterocycles. The zero-order valence-electron chi connectivity index (χ0n) is 17.1. The molecule has 0 radical (unpaired) electrons. The minimum Gasteiger partial charge on any atom is -0.372 e. The number of aromatic amines is 1. The Kier molecular flexibility index (Phi) is 5.23. The molecular formula is C20H16F4N6O2S. The molecule has 8 nitrogen and oxygen atoms in total. The van der Waals surface area contributed by atoms with Crippen LogP contribution in [0.5, 0.6) is 0 Å². The number of aromatic nitrogens is 3. The predicted molar refractivity (Wildman–Crippen MR) is 116 cm³/mol. The lowest BCUT2D eigenvalue weighted by molar-refractivity contribution is -0.136. The van der Waals surface area contributed by atoms with Crippen LogP contribution >= 0.6 is 11.3 Å². The van der Waals surface area contributed by atoms with Gasteiger partial charge in [-0.3, -0.25) is 20.0 Å². The highest BCUT2D eigenvalue weighted by molar-refractivity contribution is 7.23. The molecule has 13 heteroatoms. The number of H-pyrrole nitrogens is 1. The van der Waals surface area contributed by atoms with Crippen LogP contribution in [-0.2, 0) is 11.0 Å². The zero-order valence-corrected chi connectivity index (χ0v) is 17.9. The van der Waals surface area contributed by atoms with Crippen molar-refractivity contribution in [3.05, 3.63) is 47.4 Å². The van der Waals surface area contributed by atoms with E-state index >= 15 is 0 Å². The number of fused-ring (bicyclic) bond motifs is 3. The van der Waals surface area contributed by atoms with E-state index in [1.165, 1.54) is 26.1 Å². The van der Waals surface area contributed by atoms with Gasteiger partial charge in [0.1, 0.15) is 11.4 Å². The number of anilines is 2. The van der Waals surface area contributed by atoms with Crippen molar-refractivity contribution in [3.8, 4) is 0 Å². The van der Waals surface area contributed by atoms with Gasteiger partial charge in [-0.05, 0) is 38.1 Å². The number of alkyl halides is 3. The maximum atomic E-state index is 13.7. The second-order valence-corrected chi connectivity index (χ2v) is 8.71. The van der Waals surface area contributed by atoms with E-state index in [2.05, 4.69) is 25.8 Å². The molecule has 4 aromatic rings. The largest absolute Gasteiger partial charge is 0.418 e. The fourth-order valence-corrected chi connectivity index (χ4v) is 4.22. The second-order valence-electron chi connectivity index (χ2n) is 7.71. The van der Waals surface area contributed by atoms with E-state index in [1.54, 1.807) is 0 Å². The van der Waals surface area contributed by atoms with Crippen LogP contribution in [-0.4, -0.2) is 32.5 Å². The van der Waals surface area contributed by atoms with Crippen molar-refractivity contribution in [2.45, 2.75) is 25.6 Å². The molecule has 0 aliphatic heterocycles. The molecular weight excluding hydrogens is 464 g/mol. The van der Waals surface area contributed by atoms with Gasteiger partial charge in [0, 0.05) is 11.1 Å². The van der Waals surface area contributed by atoms with Crippen molar-refractivity contribution in [1.29, 1.82) is 0 Å². The van der Waals surface area contributed by atoms with Crippen molar-refractivity contribution in [2.75, 3.05) is 10.6 Å². The van der Waals surface area contributed by atoms with Crippen molar-refractivity contribution in [1.82, 2.24) is 15.2 Å². The number of carbonyl (C=O) groups excluding carboxylic acids is 2. The van der Waals surface area contributed by atoms with E-state index < -0.39 is 34.9 Å². The van der Waals surface area contributed by atoms with Gasteiger partial charge in [-0.25, -0.2) is 9.37 Å². The molecule has 172 valence electrons. The molecule has 33 heavy (non-hydrogen) atoms. The lowest BCUT2D eigenvalue weighted by Gasteiger charge is -2.26. The Morgan fingerprint density at radius 1 is 1.18 bits per heavy atom. The number of amides is 2. The predicted octanol–water partition coefficient (Wildman–Crippen LogP) is 4.26. The second kappa shape index (κ2) is 7.69. The van der Waals surface area contributed by atoms with Gasteiger partial charge in [0.2, 0.25) is 0 Å². The molecule has 2 aromatic carbocycles. The summed E-state index contributed by atoms with van der Waals surface area (Å²) in [5, 5.41) is 12.1. The van der Waals surface area contributed by atoms with E-state index in [0.29, 0.717) is 5.39 Å². The van der Waals surface area contributed by atoms with Gasteiger partial charge in [0.25, 0.3) is 11.8 Å². The standard InChI is InChI=1S/C20H16F4N6O2S/c1-19(2,29-8-3-4-12(21)9(5-8)16(25)31)17(32)28-18-27-14-11(20(22,23)24)6-13-10(7-26-30-13)15(14)33-18/h3-7,29H,1-2H3,(H2,25,31)(H,26,30)(H,27,28,32). The molecule has 2 amide bonds. The van der Waals surface area contributed by atoms with Gasteiger partial charge >= 0.3 is 6.18 Å². The molecule has 2 aromatic heterocycles. The summed E-state index contributed by atoms with van der Waals surface area (Å²) in [4.78, 5) is 28.2. The third-order valence-corrected chi connectivity index (χ3v) is 5.87. The molecule has 0 aliphatic carbocycles. The number of primary amides is 1. The van der Waals surface area contributed by atoms with E-state index in [9.17, 15) is 27.2 Å². The van der Waals surface area contributed by atoms with Gasteiger partial charge in [0.05, 0.1) is 33.1 Å². The van der Waals surface area contributed by atoms with Crippen LogP contribution in [0.2, 0.25) is 0 Å². The minimum atomic E-state index is -4.66. The topological polar surface area (TPSA) is 126 Å². The van der Waals surface area contributed by atoms with E-state index in [-0.39, 0.29) is 32.1 Å². The van der Waals surface area contributed by atoms with Gasteiger partial charge in [-0.1, -0.05) is 11.3 Å². The van der Waals surface area contributed by atoms with Gasteiger partial charge in [0.15, 0.2) is 5.13 Å². The lowest BCUT2D eigenvalue weighted by atomic mass is 10.0. The first kappa shape index (κ1) is 22.5. The SMILES string of the molecule is CC(C)(Nc1ccc(F)c(C(N)=O)c1)C(=O)Nc1nc2c(C(F)(F)F)cc3[nH]ncc3c2s1. The average molecular weight is 480 g/mol. The normalized spacial score (nSPS) is 12.3. The highest BCUT2D eigenvalue weighted by atomic mass is 32.1. The Hall–Kier alpha value is -3.74. The van der Waals surface area contributed by atoms with Gasteiger partial charge in [-0.2, -0.15) is 18.3 Å². The van der Waals surface area contributed by atoms with Gasteiger partial charge < -0.3 is 11.1 Å². The molecule has 0 aliphatic rings. The number of carbonyl (C=O) groups is 2. The fraction of sp³-hybridized carbons (Fsp3) is 0.200. The summed E-state index contributed by atoms with van der Waals surface area (Å²) in [6, 6.07) is 4.43. The molecule has 0 atom stereocenters. The third-order valence-electron chi connectivity index (χ3n) is 4.87. The lowest BCUT2D eigenvalue weighted by Crippen LogP contribution is -2.44. The zero-order chi connectivity index (χ0) is 24.1. The molecule has 0 fully saturated rings. The Balaban J connectivity index is 1.64. The number of nitrogens with two attached hydrogens (primary N) is 1. The maximum Gasteiger partial charge on any atom is 0.418 e. The molecule has 0 unspecified atom stereocenters. The van der Waals surface area contributed by atoms with Crippen LogP contribution in [0, 0.1) is 5.82 Å². The Bertz CT molecular complexity index is 1410. The molecule has 4 rings (SSSR count). The van der Waals surface area contributed by atoms with Crippen LogP contribution < -0.4 is 16.4 Å². The number of benzene rings is 2. The number of nitrogens with one attached hydrogen (secondary N) is 3. The number of thiazole rings is 1. The maximum absolute atomic E-state index is 13.7. The number of rotatable bonds is 5. The first-order valence-electron chi connectivity index (χ1n) is 9.39. The number of halogens is 4. The summed E-state index contributed by atoms with van der Waals surface area (Å²) in [6.45, 7) is 3.00. The summed E-state index contributed by atoms with van der Waals surface area (Å²) >= 11 is 0.879. The van der Waals surface area contributed by atoms with Gasteiger partial charge in [-0.15, -0.1) is 0 Å². The Morgan fingerprint density at radius 3 is 2.58 bits per heavy atom. The third kappa shape index (κ3) is 4.18. The first-order chi connectivity index (χ1) is 15.4. The summed E-state index contributed by atoms with van der Waals surface area (Å²) in [6.07, 6.45) is -3.27. The summed E-state index contributed by atoms with van der Waals surface area (Å²) in [7, 11) is 0. The molecule has 0 bridgehead atoms. The van der Waals surface area contributed by atoms with Crippen molar-refractivity contribution in [2.24, 2.45) is 5.73 Å². The molecule has 0 saturated heterocycles. The van der Waals surface area contributed by atoms with Crippen molar-refractivity contribution in [3.63, 3.8) is 0 Å². The van der Waals surface area contributed by atoms with E-state index in [0.717, 1.165) is 29.5 Å². The number of hydrogen-bond donors (Lipinski definition) is 4. The quantitative estimate of drug-likeness (QED) is 0.318. The van der Waals surface area contributed by atoms with Crippen LogP contribution in [0.25, 0.3) is 21.1 Å². The van der Waals surface area contributed by atoms with E-state index in [4.69, 9.17) is 5.73 Å².